The van der Waals surface area contributed by atoms with E-state index in [2.05, 4.69) is 0 Å². The molecule has 0 fully saturated rings. The maximum atomic E-state index is 9.65. The van der Waals surface area contributed by atoms with Gasteiger partial charge in [0.1, 0.15) is 12.4 Å². The van der Waals surface area contributed by atoms with Crippen molar-refractivity contribution in [2.24, 2.45) is 0 Å². The topological polar surface area (TPSA) is 38.7 Å². The molecule has 0 amide bonds. The zero-order chi connectivity index (χ0) is 13.2. The van der Waals surface area contributed by atoms with Crippen molar-refractivity contribution in [2.75, 3.05) is 6.61 Å². The van der Waals surface area contributed by atoms with E-state index in [-0.39, 0.29) is 5.75 Å². The van der Waals surface area contributed by atoms with Crippen LogP contribution in [0.3, 0.4) is 0 Å². The van der Waals surface area contributed by atoms with E-state index in [9.17, 15) is 5.11 Å². The van der Waals surface area contributed by atoms with Gasteiger partial charge in [-0.15, -0.1) is 0 Å². The highest BCUT2D eigenvalue weighted by atomic mass is 35.5. The molecule has 0 aromatic heterocycles. The SMILES string of the molecule is Oc1ccccc1OCc1cc(Cl)cc2c1OCC2. The molecule has 2 aromatic carbocycles. The Morgan fingerprint density at radius 3 is 2.95 bits per heavy atom. The van der Waals surface area contributed by atoms with E-state index in [1.54, 1.807) is 18.2 Å². The second-order valence-corrected chi connectivity index (χ2v) is 4.84. The summed E-state index contributed by atoms with van der Waals surface area (Å²) in [5.74, 6) is 1.44. The van der Waals surface area contributed by atoms with Crippen LogP contribution >= 0.6 is 11.6 Å². The first-order chi connectivity index (χ1) is 9.24. The second-order valence-electron chi connectivity index (χ2n) is 4.41. The minimum Gasteiger partial charge on any atom is -0.504 e. The van der Waals surface area contributed by atoms with Crippen molar-refractivity contribution >= 4 is 11.6 Å². The number of benzene rings is 2. The van der Waals surface area contributed by atoms with Crippen molar-refractivity contribution in [3.63, 3.8) is 0 Å². The molecular formula is C15H13ClO3. The zero-order valence-corrected chi connectivity index (χ0v) is 11.0. The summed E-state index contributed by atoms with van der Waals surface area (Å²) in [6.07, 6.45) is 0.874. The highest BCUT2D eigenvalue weighted by Gasteiger charge is 2.18. The van der Waals surface area contributed by atoms with Crippen molar-refractivity contribution in [2.45, 2.75) is 13.0 Å². The predicted octanol–water partition coefficient (Wildman–Crippen LogP) is 3.56. The van der Waals surface area contributed by atoms with Crippen LogP contribution in [0.4, 0.5) is 0 Å². The molecule has 0 radical (unpaired) electrons. The summed E-state index contributed by atoms with van der Waals surface area (Å²) < 4.78 is 11.2. The predicted molar refractivity (Wildman–Crippen MR) is 73.1 cm³/mol. The number of rotatable bonds is 3. The lowest BCUT2D eigenvalue weighted by atomic mass is 10.1. The van der Waals surface area contributed by atoms with Crippen LogP contribution in [0.25, 0.3) is 0 Å². The van der Waals surface area contributed by atoms with Crippen LogP contribution in [0.1, 0.15) is 11.1 Å². The Hall–Kier alpha value is -1.87. The van der Waals surface area contributed by atoms with Crippen LogP contribution in [0, 0.1) is 0 Å². The summed E-state index contributed by atoms with van der Waals surface area (Å²) in [5, 5.41) is 10.3. The lowest BCUT2D eigenvalue weighted by Gasteiger charge is -2.11. The van der Waals surface area contributed by atoms with Gasteiger partial charge in [-0.2, -0.15) is 0 Å². The number of ether oxygens (including phenoxy) is 2. The molecule has 1 heterocycles. The van der Waals surface area contributed by atoms with E-state index < -0.39 is 0 Å². The van der Waals surface area contributed by atoms with E-state index in [0.717, 1.165) is 23.3 Å². The maximum Gasteiger partial charge on any atom is 0.161 e. The van der Waals surface area contributed by atoms with Crippen LogP contribution in [0.2, 0.25) is 5.02 Å². The summed E-state index contributed by atoms with van der Waals surface area (Å²) in [5.41, 5.74) is 2.02. The van der Waals surface area contributed by atoms with Gasteiger partial charge in [0, 0.05) is 17.0 Å². The quantitative estimate of drug-likeness (QED) is 0.932. The van der Waals surface area contributed by atoms with Gasteiger partial charge in [-0.1, -0.05) is 23.7 Å². The molecule has 1 aliphatic heterocycles. The molecule has 4 heteroatoms. The average molecular weight is 277 g/mol. The molecule has 1 N–H and O–H groups in total. The fourth-order valence-corrected chi connectivity index (χ4v) is 2.45. The Balaban J connectivity index is 1.83. The summed E-state index contributed by atoms with van der Waals surface area (Å²) >= 11 is 6.08. The van der Waals surface area contributed by atoms with Crippen molar-refractivity contribution in [3.8, 4) is 17.2 Å². The van der Waals surface area contributed by atoms with Crippen LogP contribution < -0.4 is 9.47 Å². The molecule has 0 unspecified atom stereocenters. The third-order valence-electron chi connectivity index (χ3n) is 3.07. The van der Waals surface area contributed by atoms with E-state index in [4.69, 9.17) is 21.1 Å². The Morgan fingerprint density at radius 1 is 1.26 bits per heavy atom. The van der Waals surface area contributed by atoms with Crippen LogP contribution in [-0.2, 0) is 13.0 Å². The fraction of sp³-hybridized carbons (Fsp3) is 0.200. The van der Waals surface area contributed by atoms with Crippen LogP contribution in [0.5, 0.6) is 17.2 Å². The number of para-hydroxylation sites is 2. The number of hydrogen-bond donors (Lipinski definition) is 1. The molecule has 2 aromatic rings. The maximum absolute atomic E-state index is 9.65. The molecule has 0 atom stereocenters. The third kappa shape index (κ3) is 2.47. The number of aromatic hydroxyl groups is 1. The van der Waals surface area contributed by atoms with Gasteiger partial charge in [-0.25, -0.2) is 0 Å². The standard InChI is InChI=1S/C15H13ClO3/c16-12-7-10-5-6-18-15(10)11(8-12)9-19-14-4-2-1-3-13(14)17/h1-4,7-8,17H,5-6,9H2. The Kier molecular flexibility index (Phi) is 3.22. The van der Waals surface area contributed by atoms with Crippen molar-refractivity contribution in [3.05, 3.63) is 52.5 Å². The lowest BCUT2D eigenvalue weighted by molar-refractivity contribution is 0.279. The van der Waals surface area contributed by atoms with E-state index in [1.165, 1.54) is 0 Å². The smallest absolute Gasteiger partial charge is 0.161 e. The summed E-state index contributed by atoms with van der Waals surface area (Å²) in [6.45, 7) is 1.000. The highest BCUT2D eigenvalue weighted by Crippen LogP contribution is 2.34. The van der Waals surface area contributed by atoms with Gasteiger partial charge in [0.2, 0.25) is 0 Å². The molecule has 0 saturated heterocycles. The van der Waals surface area contributed by atoms with Gasteiger partial charge in [0.05, 0.1) is 6.61 Å². The molecule has 0 bridgehead atoms. The number of hydrogen-bond acceptors (Lipinski definition) is 3. The summed E-state index contributed by atoms with van der Waals surface area (Å²) in [7, 11) is 0. The molecule has 1 aliphatic rings. The summed E-state index contributed by atoms with van der Waals surface area (Å²) in [6, 6.07) is 10.6. The third-order valence-corrected chi connectivity index (χ3v) is 3.29. The molecular weight excluding hydrogens is 264 g/mol. The largest absolute Gasteiger partial charge is 0.504 e. The molecule has 98 valence electrons. The molecule has 0 saturated carbocycles. The Labute approximate surface area is 116 Å². The Bertz CT molecular complexity index is 610. The average Bonchev–Trinajstić information content (AvgIpc) is 2.85. The molecule has 3 rings (SSSR count). The van der Waals surface area contributed by atoms with Crippen LogP contribution in [-0.4, -0.2) is 11.7 Å². The monoisotopic (exact) mass is 276 g/mol. The van der Waals surface area contributed by atoms with Crippen molar-refractivity contribution in [1.82, 2.24) is 0 Å². The van der Waals surface area contributed by atoms with E-state index in [1.807, 2.05) is 18.2 Å². The van der Waals surface area contributed by atoms with Crippen LogP contribution in [0.15, 0.2) is 36.4 Å². The first-order valence-electron chi connectivity index (χ1n) is 6.09. The summed E-state index contributed by atoms with van der Waals surface area (Å²) in [4.78, 5) is 0. The number of phenols is 1. The first-order valence-corrected chi connectivity index (χ1v) is 6.47. The lowest BCUT2D eigenvalue weighted by Crippen LogP contribution is -1.99. The number of fused-ring (bicyclic) bond motifs is 1. The van der Waals surface area contributed by atoms with Gasteiger partial charge in [-0.05, 0) is 29.8 Å². The van der Waals surface area contributed by atoms with Gasteiger partial charge >= 0.3 is 0 Å². The molecule has 0 spiro atoms. The van der Waals surface area contributed by atoms with Crippen molar-refractivity contribution in [1.29, 1.82) is 0 Å². The van der Waals surface area contributed by atoms with Crippen molar-refractivity contribution < 1.29 is 14.6 Å². The fourth-order valence-electron chi connectivity index (χ4n) is 2.19. The highest BCUT2D eigenvalue weighted by molar-refractivity contribution is 6.30. The van der Waals surface area contributed by atoms with Gasteiger partial charge in [-0.3, -0.25) is 0 Å². The second kappa shape index (κ2) is 5.02. The van der Waals surface area contributed by atoms with Gasteiger partial charge in [0.25, 0.3) is 0 Å². The van der Waals surface area contributed by atoms with E-state index in [0.29, 0.717) is 24.0 Å². The normalized spacial score (nSPS) is 12.9. The zero-order valence-electron chi connectivity index (χ0n) is 10.2. The number of phenolic OH excluding ortho intramolecular Hbond substituents is 1. The minimum atomic E-state index is 0.127. The molecule has 0 aliphatic carbocycles. The first kappa shape index (κ1) is 12.2. The molecule has 19 heavy (non-hydrogen) atoms. The Morgan fingerprint density at radius 2 is 2.11 bits per heavy atom. The minimum absolute atomic E-state index is 0.127. The van der Waals surface area contributed by atoms with Gasteiger partial charge in [0.15, 0.2) is 11.5 Å². The van der Waals surface area contributed by atoms with Gasteiger partial charge < -0.3 is 14.6 Å². The molecule has 3 nitrogen and oxygen atoms in total. The van der Waals surface area contributed by atoms with E-state index >= 15 is 0 Å². The number of halogens is 1.